The van der Waals surface area contributed by atoms with E-state index in [-0.39, 0.29) is 22.0 Å². The summed E-state index contributed by atoms with van der Waals surface area (Å²) >= 11 is 6.07. The van der Waals surface area contributed by atoms with Crippen LogP contribution in [0.4, 0.5) is 20.2 Å². The number of nitrogens with zero attached hydrogens (tertiary/aromatic N) is 3. The summed E-state index contributed by atoms with van der Waals surface area (Å²) in [6.45, 7) is 0. The quantitative estimate of drug-likeness (QED) is 0.333. The van der Waals surface area contributed by atoms with E-state index in [1.807, 2.05) is 0 Å². The van der Waals surface area contributed by atoms with Crippen molar-refractivity contribution in [2.24, 2.45) is 7.05 Å². The average molecular weight is 544 g/mol. The Labute approximate surface area is 216 Å². The van der Waals surface area contributed by atoms with Gasteiger partial charge in [0.15, 0.2) is 0 Å². The second kappa shape index (κ2) is 10.5. The summed E-state index contributed by atoms with van der Waals surface area (Å²) < 4.78 is 54.5. The Morgan fingerprint density at radius 3 is 2.46 bits per heavy atom. The minimum Gasteiger partial charge on any atom is -0.348 e. The Morgan fingerprint density at radius 2 is 1.73 bits per heavy atom. The summed E-state index contributed by atoms with van der Waals surface area (Å²) in [5, 5.41) is 2.91. The number of rotatable bonds is 7. The summed E-state index contributed by atoms with van der Waals surface area (Å²) in [6.07, 6.45) is 9.33. The zero-order chi connectivity index (χ0) is 26.7. The molecular weight excluding hydrogens is 524 g/mol. The minimum absolute atomic E-state index is 0.194. The van der Waals surface area contributed by atoms with Crippen molar-refractivity contribution in [3.05, 3.63) is 94.5 Å². The first-order valence-corrected chi connectivity index (χ1v) is 12.9. The Bertz CT molecular complexity index is 1640. The number of aromatic nitrogens is 3. The second-order valence-corrected chi connectivity index (χ2v) is 10.3. The summed E-state index contributed by atoms with van der Waals surface area (Å²) in [4.78, 5) is 20.9. The fourth-order valence-electron chi connectivity index (χ4n) is 3.56. The lowest BCUT2D eigenvalue weighted by atomic mass is 10.1. The molecule has 0 atom stereocenters. The van der Waals surface area contributed by atoms with E-state index >= 15 is 0 Å². The highest BCUT2D eigenvalue weighted by atomic mass is 35.5. The van der Waals surface area contributed by atoms with Gasteiger partial charge in [0.25, 0.3) is 5.91 Å². The van der Waals surface area contributed by atoms with Crippen molar-refractivity contribution in [2.75, 3.05) is 16.3 Å². The van der Waals surface area contributed by atoms with Crippen molar-refractivity contribution < 1.29 is 22.0 Å². The number of benzene rings is 1. The smallest absolute Gasteiger partial charge is 0.257 e. The normalized spacial score (nSPS) is 11.6. The topological polar surface area (TPSA) is 106 Å². The van der Waals surface area contributed by atoms with Crippen LogP contribution in [0.2, 0.25) is 5.02 Å². The summed E-state index contributed by atoms with van der Waals surface area (Å²) in [5.41, 5.74) is 2.54. The molecule has 4 rings (SSSR count). The van der Waals surface area contributed by atoms with E-state index < -0.39 is 27.6 Å². The number of hydrogen-bond acceptors (Lipinski definition) is 5. The second-order valence-electron chi connectivity index (χ2n) is 8.14. The number of carbonyl (C=O) groups is 1. The minimum atomic E-state index is -3.54. The number of carbonyl (C=O) groups excluding carboxylic acids is 1. The van der Waals surface area contributed by atoms with Crippen molar-refractivity contribution in [1.29, 1.82) is 0 Å². The molecule has 0 bridgehead atoms. The van der Waals surface area contributed by atoms with Gasteiger partial charge in [0, 0.05) is 35.7 Å². The van der Waals surface area contributed by atoms with Crippen LogP contribution in [-0.2, 0) is 17.1 Å². The molecule has 4 aromatic rings. The Hall–Kier alpha value is -4.09. The Balaban J connectivity index is 1.62. The summed E-state index contributed by atoms with van der Waals surface area (Å²) in [7, 11) is -1.84. The molecule has 37 heavy (non-hydrogen) atoms. The molecule has 3 aromatic heterocycles. The van der Waals surface area contributed by atoms with Gasteiger partial charge in [0.05, 0.1) is 41.3 Å². The lowest BCUT2D eigenvalue weighted by molar-refractivity contribution is 0.102. The molecule has 0 saturated carbocycles. The monoisotopic (exact) mass is 543 g/mol. The van der Waals surface area contributed by atoms with Crippen LogP contribution in [0.15, 0.2) is 61.2 Å². The van der Waals surface area contributed by atoms with Crippen LogP contribution in [0.25, 0.3) is 23.5 Å². The Kier molecular flexibility index (Phi) is 7.37. The third-order valence-corrected chi connectivity index (χ3v) is 5.86. The lowest BCUT2D eigenvalue weighted by Gasteiger charge is -2.09. The molecule has 1 aromatic carbocycles. The molecule has 0 saturated heterocycles. The molecule has 1 amide bonds. The number of halogens is 3. The largest absolute Gasteiger partial charge is 0.348 e. The number of hydrogen-bond donors (Lipinski definition) is 2. The fraction of sp³-hybridized carbons (Fsp3) is 0.0800. The van der Waals surface area contributed by atoms with Crippen LogP contribution in [-0.4, -0.2) is 35.1 Å². The van der Waals surface area contributed by atoms with Gasteiger partial charge < -0.3 is 9.88 Å². The van der Waals surface area contributed by atoms with Crippen molar-refractivity contribution in [2.45, 2.75) is 0 Å². The van der Waals surface area contributed by atoms with Crippen molar-refractivity contribution in [3.8, 4) is 11.4 Å². The highest BCUT2D eigenvalue weighted by Crippen LogP contribution is 2.27. The highest BCUT2D eigenvalue weighted by molar-refractivity contribution is 7.92. The molecule has 190 valence electrons. The molecular formula is C25H20ClF2N5O3S. The third-order valence-electron chi connectivity index (χ3n) is 5.03. The van der Waals surface area contributed by atoms with Crippen LogP contribution in [0, 0.1) is 11.6 Å². The first-order chi connectivity index (χ1) is 17.5. The predicted octanol–water partition coefficient (Wildman–Crippen LogP) is 5.21. The van der Waals surface area contributed by atoms with Gasteiger partial charge in [0.2, 0.25) is 10.0 Å². The van der Waals surface area contributed by atoms with Gasteiger partial charge in [-0.1, -0.05) is 23.8 Å². The number of aryl methyl sites for hydroxylation is 1. The molecule has 0 spiro atoms. The number of amides is 1. The zero-order valence-electron chi connectivity index (χ0n) is 19.5. The maximum Gasteiger partial charge on any atom is 0.257 e. The van der Waals surface area contributed by atoms with Gasteiger partial charge >= 0.3 is 0 Å². The van der Waals surface area contributed by atoms with Gasteiger partial charge in [-0.3, -0.25) is 19.5 Å². The van der Waals surface area contributed by atoms with Crippen molar-refractivity contribution in [1.82, 2.24) is 14.5 Å². The summed E-state index contributed by atoms with van der Waals surface area (Å²) in [6, 6.07) is 8.46. The van der Waals surface area contributed by atoms with Gasteiger partial charge in [-0.2, -0.15) is 0 Å². The lowest BCUT2D eigenvalue weighted by Crippen LogP contribution is -2.13. The van der Waals surface area contributed by atoms with E-state index in [1.54, 1.807) is 36.0 Å². The van der Waals surface area contributed by atoms with E-state index in [0.29, 0.717) is 22.5 Å². The first-order valence-electron chi connectivity index (χ1n) is 10.7. The standard InChI is InChI=1S/C25H20ClF2N5O3S/c1-33-14-17(25(34)31-21-8-18(26)9-22(10-21)32-37(2,35)36)7-23(33)24-16(6-20(28)13-30-24)4-3-15-5-19(27)12-29-11-15/h3-14,32H,1-2H3,(H,31,34)/b4-3+. The average Bonchev–Trinajstić information content (AvgIpc) is 3.18. The van der Waals surface area contributed by atoms with E-state index in [4.69, 9.17) is 11.6 Å². The van der Waals surface area contributed by atoms with E-state index in [2.05, 4.69) is 20.0 Å². The first kappa shape index (κ1) is 26.0. The van der Waals surface area contributed by atoms with Crippen molar-refractivity contribution in [3.63, 3.8) is 0 Å². The van der Waals surface area contributed by atoms with Crippen LogP contribution in [0.1, 0.15) is 21.5 Å². The van der Waals surface area contributed by atoms with Crippen LogP contribution in [0.3, 0.4) is 0 Å². The molecule has 0 fully saturated rings. The molecule has 12 heteroatoms. The number of anilines is 2. The molecule has 0 unspecified atom stereocenters. The van der Waals surface area contributed by atoms with Gasteiger partial charge in [0.1, 0.15) is 11.6 Å². The summed E-state index contributed by atoms with van der Waals surface area (Å²) in [5.74, 6) is -1.55. The zero-order valence-corrected chi connectivity index (χ0v) is 21.1. The predicted molar refractivity (Wildman–Crippen MR) is 140 cm³/mol. The molecule has 3 heterocycles. The van der Waals surface area contributed by atoms with Crippen LogP contribution < -0.4 is 10.0 Å². The number of sulfonamides is 1. The fourth-order valence-corrected chi connectivity index (χ4v) is 4.34. The van der Waals surface area contributed by atoms with Gasteiger partial charge in [-0.15, -0.1) is 0 Å². The number of nitrogens with one attached hydrogen (secondary N) is 2. The van der Waals surface area contributed by atoms with E-state index in [1.165, 1.54) is 36.5 Å². The molecule has 0 aliphatic carbocycles. The maximum absolute atomic E-state index is 14.0. The molecule has 0 aliphatic heterocycles. The molecule has 2 N–H and O–H groups in total. The van der Waals surface area contributed by atoms with Crippen LogP contribution in [0.5, 0.6) is 0 Å². The maximum atomic E-state index is 14.0. The van der Waals surface area contributed by atoms with E-state index in [0.717, 1.165) is 18.6 Å². The molecule has 0 aliphatic rings. The number of pyridine rings is 2. The third kappa shape index (κ3) is 6.78. The van der Waals surface area contributed by atoms with E-state index in [9.17, 15) is 22.0 Å². The van der Waals surface area contributed by atoms with Gasteiger partial charge in [-0.05, 0) is 42.0 Å². The SMILES string of the molecule is Cn1cc(C(=O)Nc2cc(Cl)cc(NS(C)(=O)=O)c2)cc1-c1ncc(F)cc1/C=C/c1cncc(F)c1. The van der Waals surface area contributed by atoms with Crippen LogP contribution >= 0.6 is 11.6 Å². The van der Waals surface area contributed by atoms with Crippen molar-refractivity contribution >= 4 is 51.1 Å². The Morgan fingerprint density at radius 1 is 1.00 bits per heavy atom. The highest BCUT2D eigenvalue weighted by Gasteiger charge is 2.16. The molecule has 0 radical (unpaired) electrons. The molecule has 8 nitrogen and oxygen atoms in total. The van der Waals surface area contributed by atoms with Gasteiger partial charge in [-0.25, -0.2) is 17.2 Å².